The molecule has 0 spiro atoms. The van der Waals surface area contributed by atoms with E-state index in [9.17, 15) is 0 Å². The van der Waals surface area contributed by atoms with Crippen LogP contribution in [0, 0.1) is 13.8 Å². The fourth-order valence-electron chi connectivity index (χ4n) is 1.81. The van der Waals surface area contributed by atoms with Crippen molar-refractivity contribution in [2.75, 3.05) is 7.11 Å². The van der Waals surface area contributed by atoms with Gasteiger partial charge in [0, 0.05) is 14.9 Å². The maximum Gasteiger partial charge on any atom is 0.123 e. The predicted molar refractivity (Wildman–Crippen MR) is 93.0 cm³/mol. The normalized spacial score (nSPS) is 12.5. The molecule has 2 rings (SSSR count). The molecule has 0 bridgehead atoms. The van der Waals surface area contributed by atoms with E-state index >= 15 is 0 Å². The Morgan fingerprint density at radius 3 is 2.32 bits per heavy atom. The van der Waals surface area contributed by atoms with Crippen LogP contribution < -0.4 is 4.74 Å². The first-order valence-electron chi connectivity index (χ1n) is 5.68. The van der Waals surface area contributed by atoms with Gasteiger partial charge in [0.05, 0.1) is 15.7 Å². The fourth-order valence-corrected chi connectivity index (χ4v) is 4.51. The van der Waals surface area contributed by atoms with Crippen molar-refractivity contribution in [2.45, 2.75) is 18.7 Å². The van der Waals surface area contributed by atoms with E-state index in [0.29, 0.717) is 0 Å². The van der Waals surface area contributed by atoms with Crippen LogP contribution in [0.15, 0.2) is 26.5 Å². The summed E-state index contributed by atoms with van der Waals surface area (Å²) >= 11 is 12.7. The van der Waals surface area contributed by atoms with Crippen molar-refractivity contribution in [3.63, 3.8) is 0 Å². The lowest BCUT2D eigenvalue weighted by Crippen LogP contribution is -1.97. The second kappa shape index (κ2) is 6.29. The smallest absolute Gasteiger partial charge is 0.123 e. The van der Waals surface area contributed by atoms with Gasteiger partial charge in [0.2, 0.25) is 0 Å². The van der Waals surface area contributed by atoms with Crippen LogP contribution in [-0.4, -0.2) is 7.11 Å². The molecule has 1 nitrogen and oxygen atoms in total. The van der Waals surface area contributed by atoms with Crippen molar-refractivity contribution >= 4 is 59.1 Å². The highest BCUT2D eigenvalue weighted by Crippen LogP contribution is 2.43. The molecule has 0 N–H and O–H groups in total. The Bertz CT molecular complexity index is 587. The number of hydrogen-bond acceptors (Lipinski definition) is 2. The molecule has 102 valence electrons. The Kier molecular flexibility index (Phi) is 5.15. The van der Waals surface area contributed by atoms with E-state index in [1.54, 1.807) is 18.4 Å². The van der Waals surface area contributed by atoms with E-state index in [0.717, 1.165) is 15.8 Å². The third-order valence-corrected chi connectivity index (χ3v) is 7.26. The third-order valence-electron chi connectivity index (χ3n) is 2.91. The minimum Gasteiger partial charge on any atom is -0.496 e. The van der Waals surface area contributed by atoms with Crippen molar-refractivity contribution < 1.29 is 4.74 Å². The van der Waals surface area contributed by atoms with Gasteiger partial charge in [0.1, 0.15) is 5.75 Å². The van der Waals surface area contributed by atoms with Crippen LogP contribution in [0.4, 0.5) is 0 Å². The largest absolute Gasteiger partial charge is 0.496 e. The Morgan fingerprint density at radius 1 is 1.11 bits per heavy atom. The van der Waals surface area contributed by atoms with Crippen LogP contribution in [0.5, 0.6) is 5.75 Å². The molecule has 0 saturated heterocycles. The summed E-state index contributed by atoms with van der Waals surface area (Å²) in [6.45, 7) is 4.16. The molecule has 1 atom stereocenters. The van der Waals surface area contributed by atoms with Crippen LogP contribution in [-0.2, 0) is 0 Å². The highest BCUT2D eigenvalue weighted by atomic mass is 79.9. The van der Waals surface area contributed by atoms with Crippen LogP contribution >= 0.6 is 59.1 Å². The summed E-state index contributed by atoms with van der Waals surface area (Å²) in [4.78, 5) is 1.40. The molecular weight excluding hydrogens is 456 g/mol. The number of benzene rings is 1. The molecule has 0 fully saturated rings. The Hall–Kier alpha value is 0.160. The van der Waals surface area contributed by atoms with E-state index < -0.39 is 0 Å². The molecule has 2 aromatic rings. The Labute approximate surface area is 142 Å². The Balaban J connectivity index is 2.48. The molecule has 0 radical (unpaired) electrons. The second-order valence-electron chi connectivity index (χ2n) is 4.31. The van der Waals surface area contributed by atoms with Crippen LogP contribution in [0.3, 0.4) is 0 Å². The summed E-state index contributed by atoms with van der Waals surface area (Å²) in [5.41, 5.74) is 3.56. The SMILES string of the molecule is COc1cc(C)c(Br)cc1C(Br)c1cc(C)c(Br)s1. The number of methoxy groups -OCH3 is 1. The van der Waals surface area contributed by atoms with E-state index in [1.165, 1.54) is 19.8 Å². The van der Waals surface area contributed by atoms with Gasteiger partial charge in [0.25, 0.3) is 0 Å². The first-order chi connectivity index (χ1) is 8.93. The molecule has 19 heavy (non-hydrogen) atoms. The molecule has 1 aromatic carbocycles. The lowest BCUT2D eigenvalue weighted by atomic mass is 10.1. The monoisotopic (exact) mass is 466 g/mol. The molecule has 0 aliphatic rings. The number of aryl methyl sites for hydroxylation is 2. The molecule has 0 aliphatic carbocycles. The van der Waals surface area contributed by atoms with E-state index in [1.807, 2.05) is 0 Å². The zero-order chi connectivity index (χ0) is 14.2. The maximum absolute atomic E-state index is 5.50. The van der Waals surface area contributed by atoms with Gasteiger partial charge in [-0.3, -0.25) is 0 Å². The standard InChI is InChI=1S/C14H13Br3OS/c1-7-4-11(18-3)9(6-10(7)15)13(16)12-5-8(2)14(17)19-12/h4-6,13H,1-3H3. The number of hydrogen-bond donors (Lipinski definition) is 0. The Morgan fingerprint density at radius 2 is 1.79 bits per heavy atom. The van der Waals surface area contributed by atoms with E-state index in [4.69, 9.17) is 4.74 Å². The van der Waals surface area contributed by atoms with Crippen molar-refractivity contribution in [2.24, 2.45) is 0 Å². The third kappa shape index (κ3) is 3.26. The predicted octanol–water partition coefficient (Wildman–Crippen LogP) is 6.38. The molecule has 1 unspecified atom stereocenters. The lowest BCUT2D eigenvalue weighted by molar-refractivity contribution is 0.410. The topological polar surface area (TPSA) is 9.23 Å². The van der Waals surface area contributed by atoms with Gasteiger partial charge < -0.3 is 4.74 Å². The molecule has 1 heterocycles. The van der Waals surface area contributed by atoms with Gasteiger partial charge >= 0.3 is 0 Å². The van der Waals surface area contributed by atoms with Crippen molar-refractivity contribution in [1.29, 1.82) is 0 Å². The molecule has 0 amide bonds. The second-order valence-corrected chi connectivity index (χ2v) is 8.48. The zero-order valence-electron chi connectivity index (χ0n) is 10.8. The summed E-state index contributed by atoms with van der Waals surface area (Å²) in [6, 6.07) is 6.38. The highest BCUT2D eigenvalue weighted by molar-refractivity contribution is 9.11. The number of thiophene rings is 1. The van der Waals surface area contributed by atoms with Gasteiger partial charge in [-0.15, -0.1) is 11.3 Å². The molecule has 5 heteroatoms. The first kappa shape index (κ1) is 15.5. The molecule has 1 aromatic heterocycles. The summed E-state index contributed by atoms with van der Waals surface area (Å²) in [6.07, 6.45) is 0. The molecule has 0 aliphatic heterocycles. The lowest BCUT2D eigenvalue weighted by Gasteiger charge is -2.15. The van der Waals surface area contributed by atoms with Gasteiger partial charge in [-0.25, -0.2) is 0 Å². The van der Waals surface area contributed by atoms with Crippen LogP contribution in [0.25, 0.3) is 0 Å². The van der Waals surface area contributed by atoms with Gasteiger partial charge in [0.15, 0.2) is 0 Å². The van der Waals surface area contributed by atoms with Gasteiger partial charge in [-0.2, -0.15) is 0 Å². The molecular formula is C14H13Br3OS. The number of rotatable bonds is 3. The summed E-state index contributed by atoms with van der Waals surface area (Å²) in [5.74, 6) is 0.907. The number of alkyl halides is 1. The van der Waals surface area contributed by atoms with E-state index in [2.05, 4.69) is 79.8 Å². The quantitative estimate of drug-likeness (QED) is 0.475. The maximum atomic E-state index is 5.50. The van der Waals surface area contributed by atoms with Crippen molar-refractivity contribution in [1.82, 2.24) is 0 Å². The van der Waals surface area contributed by atoms with E-state index in [-0.39, 0.29) is 4.83 Å². The number of ether oxygens (including phenoxy) is 1. The van der Waals surface area contributed by atoms with Gasteiger partial charge in [-0.1, -0.05) is 31.9 Å². The summed E-state index contributed by atoms with van der Waals surface area (Å²) in [5, 5.41) is 0. The first-order valence-corrected chi connectivity index (χ1v) is 8.99. The fraction of sp³-hybridized carbons (Fsp3) is 0.286. The van der Waals surface area contributed by atoms with Crippen molar-refractivity contribution in [3.8, 4) is 5.75 Å². The molecule has 0 saturated carbocycles. The van der Waals surface area contributed by atoms with Gasteiger partial charge in [-0.05, 0) is 59.1 Å². The summed E-state index contributed by atoms with van der Waals surface area (Å²) in [7, 11) is 1.71. The van der Waals surface area contributed by atoms with Crippen molar-refractivity contribution in [3.05, 3.63) is 48.0 Å². The number of halogens is 3. The highest BCUT2D eigenvalue weighted by Gasteiger charge is 2.19. The van der Waals surface area contributed by atoms with Crippen LogP contribution in [0.1, 0.15) is 26.4 Å². The zero-order valence-corrected chi connectivity index (χ0v) is 16.3. The minimum absolute atomic E-state index is 0.134. The van der Waals surface area contributed by atoms with Crippen LogP contribution in [0.2, 0.25) is 0 Å². The minimum atomic E-state index is 0.134. The summed E-state index contributed by atoms with van der Waals surface area (Å²) < 4.78 is 7.78. The average molecular weight is 469 g/mol. The average Bonchev–Trinajstić information content (AvgIpc) is 2.71.